The fourth-order valence-electron chi connectivity index (χ4n) is 1.93. The largest absolute Gasteiger partial charge is 0.493 e. The SMILES string of the molecule is COc1cc(C)cc(OC)c1OC1CC(O)C1. The van der Waals surface area contributed by atoms with Gasteiger partial charge in [0, 0.05) is 12.8 Å². The van der Waals surface area contributed by atoms with Crippen molar-refractivity contribution in [2.24, 2.45) is 0 Å². The molecule has 0 amide bonds. The standard InChI is InChI=1S/C13H18O4/c1-8-4-11(15-2)13(12(5-8)16-3)17-10-6-9(14)7-10/h4-5,9-10,14H,6-7H2,1-3H3. The van der Waals surface area contributed by atoms with E-state index in [-0.39, 0.29) is 12.2 Å². The molecule has 0 saturated heterocycles. The molecule has 1 fully saturated rings. The number of aryl methyl sites for hydroxylation is 1. The van der Waals surface area contributed by atoms with Crippen LogP contribution in [0.4, 0.5) is 0 Å². The molecule has 1 aromatic carbocycles. The first-order valence-corrected chi connectivity index (χ1v) is 5.71. The summed E-state index contributed by atoms with van der Waals surface area (Å²) in [5.74, 6) is 1.96. The highest BCUT2D eigenvalue weighted by molar-refractivity contribution is 5.53. The molecule has 0 spiro atoms. The number of hydrogen-bond acceptors (Lipinski definition) is 4. The van der Waals surface area contributed by atoms with Gasteiger partial charge in [0.25, 0.3) is 0 Å². The van der Waals surface area contributed by atoms with Gasteiger partial charge in [-0.3, -0.25) is 0 Å². The van der Waals surface area contributed by atoms with E-state index in [4.69, 9.17) is 14.2 Å². The van der Waals surface area contributed by atoms with Crippen molar-refractivity contribution < 1.29 is 19.3 Å². The maximum absolute atomic E-state index is 9.25. The lowest BCUT2D eigenvalue weighted by molar-refractivity contribution is -0.0129. The van der Waals surface area contributed by atoms with Crippen LogP contribution >= 0.6 is 0 Å². The summed E-state index contributed by atoms with van der Waals surface area (Å²) < 4.78 is 16.4. The maximum atomic E-state index is 9.25. The van der Waals surface area contributed by atoms with Gasteiger partial charge in [0.15, 0.2) is 11.5 Å². The van der Waals surface area contributed by atoms with Gasteiger partial charge in [-0.2, -0.15) is 0 Å². The highest BCUT2D eigenvalue weighted by atomic mass is 16.5. The van der Waals surface area contributed by atoms with E-state index in [2.05, 4.69) is 0 Å². The fraction of sp³-hybridized carbons (Fsp3) is 0.538. The highest BCUT2D eigenvalue weighted by Gasteiger charge is 2.30. The summed E-state index contributed by atoms with van der Waals surface area (Å²) >= 11 is 0. The van der Waals surface area contributed by atoms with Gasteiger partial charge in [-0.15, -0.1) is 0 Å². The van der Waals surface area contributed by atoms with Gasteiger partial charge in [-0.25, -0.2) is 0 Å². The zero-order valence-electron chi connectivity index (χ0n) is 10.4. The lowest BCUT2D eigenvalue weighted by Crippen LogP contribution is -2.37. The molecule has 4 nitrogen and oxygen atoms in total. The van der Waals surface area contributed by atoms with E-state index in [1.54, 1.807) is 14.2 Å². The molecule has 0 atom stereocenters. The molecule has 1 saturated carbocycles. The van der Waals surface area contributed by atoms with Gasteiger partial charge >= 0.3 is 0 Å². The monoisotopic (exact) mass is 238 g/mol. The third-order valence-corrected chi connectivity index (χ3v) is 2.96. The zero-order chi connectivity index (χ0) is 12.4. The number of aliphatic hydroxyl groups is 1. The van der Waals surface area contributed by atoms with Crippen LogP contribution in [-0.2, 0) is 0 Å². The Kier molecular flexibility index (Phi) is 3.43. The molecular formula is C13H18O4. The van der Waals surface area contributed by atoms with E-state index in [1.807, 2.05) is 19.1 Å². The van der Waals surface area contributed by atoms with Crippen LogP contribution in [0.15, 0.2) is 12.1 Å². The van der Waals surface area contributed by atoms with Crippen molar-refractivity contribution in [2.45, 2.75) is 32.0 Å². The summed E-state index contributed by atoms with van der Waals surface area (Å²) in [7, 11) is 3.22. The predicted octanol–water partition coefficient (Wildman–Crippen LogP) is 1.91. The van der Waals surface area contributed by atoms with E-state index in [9.17, 15) is 5.11 Å². The first-order valence-electron chi connectivity index (χ1n) is 5.71. The molecule has 2 rings (SSSR count). The van der Waals surface area contributed by atoms with E-state index in [1.165, 1.54) is 0 Å². The Hall–Kier alpha value is -1.42. The van der Waals surface area contributed by atoms with Crippen molar-refractivity contribution in [1.29, 1.82) is 0 Å². The number of hydrogen-bond donors (Lipinski definition) is 1. The van der Waals surface area contributed by atoms with Crippen LogP contribution in [0.2, 0.25) is 0 Å². The average Bonchev–Trinajstić information content (AvgIpc) is 2.28. The molecule has 0 bridgehead atoms. The van der Waals surface area contributed by atoms with Gasteiger partial charge in [-0.05, 0) is 24.6 Å². The van der Waals surface area contributed by atoms with Crippen molar-refractivity contribution in [3.05, 3.63) is 17.7 Å². The van der Waals surface area contributed by atoms with Crippen LogP contribution in [-0.4, -0.2) is 31.5 Å². The van der Waals surface area contributed by atoms with Crippen molar-refractivity contribution in [1.82, 2.24) is 0 Å². The van der Waals surface area contributed by atoms with Crippen LogP contribution in [0.25, 0.3) is 0 Å². The number of rotatable bonds is 4. The molecule has 0 radical (unpaired) electrons. The molecule has 94 valence electrons. The topological polar surface area (TPSA) is 47.9 Å². The summed E-state index contributed by atoms with van der Waals surface area (Å²) in [6.45, 7) is 1.97. The molecule has 1 aliphatic rings. The van der Waals surface area contributed by atoms with Crippen LogP contribution in [0.1, 0.15) is 18.4 Å². The van der Waals surface area contributed by atoms with Gasteiger partial charge < -0.3 is 19.3 Å². The lowest BCUT2D eigenvalue weighted by atomic mass is 9.92. The molecule has 0 aromatic heterocycles. The minimum absolute atomic E-state index is 0.0514. The van der Waals surface area contributed by atoms with Crippen molar-refractivity contribution >= 4 is 0 Å². The number of benzene rings is 1. The van der Waals surface area contributed by atoms with Crippen LogP contribution < -0.4 is 14.2 Å². The Morgan fingerprint density at radius 3 is 2.06 bits per heavy atom. The second-order valence-corrected chi connectivity index (χ2v) is 4.36. The van der Waals surface area contributed by atoms with Gasteiger partial charge in [0.1, 0.15) is 6.10 Å². The first-order chi connectivity index (χ1) is 8.13. The summed E-state index contributed by atoms with van der Waals surface area (Å²) in [5.41, 5.74) is 1.06. The molecule has 4 heteroatoms. The second kappa shape index (κ2) is 4.84. The zero-order valence-corrected chi connectivity index (χ0v) is 10.4. The normalized spacial score (nSPS) is 22.8. The molecule has 0 aliphatic heterocycles. The van der Waals surface area contributed by atoms with Crippen LogP contribution in [0.3, 0.4) is 0 Å². The summed E-state index contributed by atoms with van der Waals surface area (Å²) in [5, 5.41) is 9.25. The Morgan fingerprint density at radius 2 is 1.65 bits per heavy atom. The van der Waals surface area contributed by atoms with Crippen molar-refractivity contribution in [3.63, 3.8) is 0 Å². The fourth-order valence-corrected chi connectivity index (χ4v) is 1.93. The number of ether oxygens (including phenoxy) is 3. The quantitative estimate of drug-likeness (QED) is 0.870. The summed E-state index contributed by atoms with van der Waals surface area (Å²) in [6.07, 6.45) is 1.15. The maximum Gasteiger partial charge on any atom is 0.203 e. The van der Waals surface area contributed by atoms with Crippen LogP contribution in [0.5, 0.6) is 17.2 Å². The van der Waals surface area contributed by atoms with Crippen LogP contribution in [0, 0.1) is 6.92 Å². The summed E-state index contributed by atoms with van der Waals surface area (Å²) in [4.78, 5) is 0. The molecule has 17 heavy (non-hydrogen) atoms. The molecular weight excluding hydrogens is 220 g/mol. The van der Waals surface area contributed by atoms with Crippen molar-refractivity contribution in [2.75, 3.05) is 14.2 Å². The molecule has 0 heterocycles. The van der Waals surface area contributed by atoms with Gasteiger partial charge in [0.2, 0.25) is 5.75 Å². The second-order valence-electron chi connectivity index (χ2n) is 4.36. The Morgan fingerprint density at radius 1 is 1.12 bits per heavy atom. The molecule has 0 unspecified atom stereocenters. The Balaban J connectivity index is 2.23. The van der Waals surface area contributed by atoms with E-state index < -0.39 is 0 Å². The minimum Gasteiger partial charge on any atom is -0.493 e. The van der Waals surface area contributed by atoms with E-state index in [0.29, 0.717) is 30.1 Å². The predicted molar refractivity (Wildman–Crippen MR) is 63.9 cm³/mol. The minimum atomic E-state index is -0.234. The number of aliphatic hydroxyl groups excluding tert-OH is 1. The molecule has 1 N–H and O–H groups in total. The summed E-state index contributed by atoms with van der Waals surface area (Å²) in [6, 6.07) is 3.82. The first kappa shape index (κ1) is 12.0. The van der Waals surface area contributed by atoms with E-state index in [0.717, 1.165) is 5.56 Å². The van der Waals surface area contributed by atoms with Gasteiger partial charge in [-0.1, -0.05) is 0 Å². The molecule has 1 aliphatic carbocycles. The Bertz CT molecular complexity index is 371. The number of methoxy groups -OCH3 is 2. The smallest absolute Gasteiger partial charge is 0.203 e. The molecule has 1 aromatic rings. The third kappa shape index (κ3) is 2.47. The van der Waals surface area contributed by atoms with E-state index >= 15 is 0 Å². The highest BCUT2D eigenvalue weighted by Crippen LogP contribution is 2.41. The Labute approximate surface area is 101 Å². The third-order valence-electron chi connectivity index (χ3n) is 2.96. The van der Waals surface area contributed by atoms with Crippen molar-refractivity contribution in [3.8, 4) is 17.2 Å². The lowest BCUT2D eigenvalue weighted by Gasteiger charge is -2.32. The average molecular weight is 238 g/mol. The van der Waals surface area contributed by atoms with Gasteiger partial charge in [0.05, 0.1) is 20.3 Å².